The van der Waals surface area contributed by atoms with Gasteiger partial charge in [-0.1, -0.05) is 0 Å². The third-order valence-corrected chi connectivity index (χ3v) is 8.16. The molecule has 194 valence electrons. The van der Waals surface area contributed by atoms with Crippen molar-refractivity contribution in [2.45, 2.75) is 44.6 Å². The molecule has 0 radical (unpaired) electrons. The number of hydrogen-bond acceptors (Lipinski definition) is 6. The first-order valence-electron chi connectivity index (χ1n) is 13.1. The molecule has 5 heterocycles. The van der Waals surface area contributed by atoms with Crippen LogP contribution in [0, 0.1) is 28.9 Å². The fraction of sp³-hybridized carbons (Fsp3) is 0.379. The van der Waals surface area contributed by atoms with E-state index in [1.807, 2.05) is 31.5 Å². The third kappa shape index (κ3) is 4.24. The zero-order valence-corrected chi connectivity index (χ0v) is 21.3. The molecule has 0 amide bonds. The van der Waals surface area contributed by atoms with E-state index >= 15 is 0 Å². The van der Waals surface area contributed by atoms with E-state index in [1.165, 1.54) is 12.1 Å². The molecule has 7 nitrogen and oxygen atoms in total. The van der Waals surface area contributed by atoms with Crippen LogP contribution in [-0.2, 0) is 5.54 Å². The lowest BCUT2D eigenvalue weighted by Crippen LogP contribution is -2.40. The van der Waals surface area contributed by atoms with E-state index in [4.69, 9.17) is 15.2 Å². The van der Waals surface area contributed by atoms with Gasteiger partial charge in [0.15, 0.2) is 5.65 Å². The van der Waals surface area contributed by atoms with Crippen LogP contribution < -0.4 is 9.80 Å². The van der Waals surface area contributed by atoms with Crippen molar-refractivity contribution in [3.05, 3.63) is 72.2 Å². The average molecular weight is 514 g/mol. The SMILES string of the molecule is C[C@]1(c2cc(F)ccc2F)CCCN1c1ccn2ncc(-c3ccc(N4CCC(CC#N)CC4)cn3)c2n1. The van der Waals surface area contributed by atoms with Crippen molar-refractivity contribution in [2.75, 3.05) is 29.4 Å². The highest BCUT2D eigenvalue weighted by atomic mass is 19.1. The number of rotatable bonds is 5. The van der Waals surface area contributed by atoms with Gasteiger partial charge >= 0.3 is 0 Å². The van der Waals surface area contributed by atoms with Gasteiger partial charge in [-0.25, -0.2) is 18.3 Å². The number of benzene rings is 1. The van der Waals surface area contributed by atoms with Crippen molar-refractivity contribution in [3.63, 3.8) is 0 Å². The van der Waals surface area contributed by atoms with Crippen molar-refractivity contribution < 1.29 is 8.78 Å². The Balaban J connectivity index is 1.28. The molecule has 1 atom stereocenters. The second kappa shape index (κ2) is 9.67. The predicted octanol–water partition coefficient (Wildman–Crippen LogP) is 5.72. The standard InChI is InChI=1S/C29H29F2N7/c1-29(24-17-21(30)3-5-25(24)31)11-2-13-37(29)27-10-16-38-28(35-27)23(19-34-38)26-6-4-22(18-33-26)36-14-8-20(7-12-32)9-15-36/h3-6,10,16-20H,2,7-9,11,13-15H2,1H3/t29-/m1/s1. The monoisotopic (exact) mass is 513 g/mol. The van der Waals surface area contributed by atoms with Gasteiger partial charge < -0.3 is 9.80 Å². The summed E-state index contributed by atoms with van der Waals surface area (Å²) >= 11 is 0. The quantitative estimate of drug-likeness (QED) is 0.340. The third-order valence-electron chi connectivity index (χ3n) is 8.16. The van der Waals surface area contributed by atoms with Gasteiger partial charge in [0, 0.05) is 37.8 Å². The van der Waals surface area contributed by atoms with E-state index in [1.54, 1.807) is 10.7 Å². The fourth-order valence-electron chi connectivity index (χ4n) is 5.97. The summed E-state index contributed by atoms with van der Waals surface area (Å²) in [7, 11) is 0. The molecule has 9 heteroatoms. The minimum atomic E-state index is -0.710. The summed E-state index contributed by atoms with van der Waals surface area (Å²) in [5.74, 6) is 0.319. The van der Waals surface area contributed by atoms with Crippen LogP contribution in [0.25, 0.3) is 16.9 Å². The van der Waals surface area contributed by atoms with Crippen molar-refractivity contribution >= 4 is 17.2 Å². The summed E-state index contributed by atoms with van der Waals surface area (Å²) in [4.78, 5) is 14.1. The molecule has 0 N–H and O–H groups in total. The molecule has 0 aliphatic carbocycles. The van der Waals surface area contributed by atoms with Crippen LogP contribution >= 0.6 is 0 Å². The van der Waals surface area contributed by atoms with Crippen molar-refractivity contribution in [1.29, 1.82) is 5.26 Å². The van der Waals surface area contributed by atoms with E-state index in [2.05, 4.69) is 27.0 Å². The van der Waals surface area contributed by atoms with Crippen LogP contribution in [0.2, 0.25) is 0 Å². The number of anilines is 2. The smallest absolute Gasteiger partial charge is 0.166 e. The van der Waals surface area contributed by atoms with Crippen molar-refractivity contribution in [1.82, 2.24) is 19.6 Å². The minimum Gasteiger partial charge on any atom is -0.370 e. The highest BCUT2D eigenvalue weighted by Crippen LogP contribution is 2.42. The number of halogens is 2. The van der Waals surface area contributed by atoms with Crippen LogP contribution in [0.5, 0.6) is 0 Å². The summed E-state index contributed by atoms with van der Waals surface area (Å²) < 4.78 is 30.6. The Kier molecular flexibility index (Phi) is 6.18. The number of aromatic nitrogens is 4. The minimum absolute atomic E-state index is 0.347. The Bertz CT molecular complexity index is 1500. The van der Waals surface area contributed by atoms with Gasteiger partial charge in [0.25, 0.3) is 0 Å². The summed E-state index contributed by atoms with van der Waals surface area (Å²) in [5.41, 5.74) is 2.95. The molecule has 3 aromatic heterocycles. The molecule has 2 aliphatic rings. The summed E-state index contributed by atoms with van der Waals surface area (Å²) in [6, 6.07) is 11.9. The van der Waals surface area contributed by atoms with E-state index in [-0.39, 0.29) is 0 Å². The summed E-state index contributed by atoms with van der Waals surface area (Å²) in [6.45, 7) is 4.49. The summed E-state index contributed by atoms with van der Waals surface area (Å²) in [5, 5.41) is 13.4. The zero-order valence-electron chi connectivity index (χ0n) is 21.3. The van der Waals surface area contributed by atoms with E-state index < -0.39 is 17.2 Å². The Labute approximate surface area is 220 Å². The zero-order chi connectivity index (χ0) is 26.3. The fourth-order valence-corrected chi connectivity index (χ4v) is 5.97. The number of fused-ring (bicyclic) bond motifs is 1. The number of pyridine rings is 1. The van der Waals surface area contributed by atoms with E-state index in [9.17, 15) is 8.78 Å². The van der Waals surface area contributed by atoms with Crippen molar-refractivity contribution in [2.24, 2.45) is 5.92 Å². The van der Waals surface area contributed by atoms with Gasteiger partial charge in [0.1, 0.15) is 17.5 Å². The largest absolute Gasteiger partial charge is 0.370 e. The Hall–Kier alpha value is -4.06. The highest BCUT2D eigenvalue weighted by Gasteiger charge is 2.41. The molecule has 4 aromatic rings. The molecule has 2 saturated heterocycles. The van der Waals surface area contributed by atoms with Gasteiger partial charge in [0.2, 0.25) is 0 Å². The molecule has 0 saturated carbocycles. The predicted molar refractivity (Wildman–Crippen MR) is 142 cm³/mol. The second-order valence-electron chi connectivity index (χ2n) is 10.5. The van der Waals surface area contributed by atoms with Crippen LogP contribution in [-0.4, -0.2) is 39.2 Å². The number of hydrogen-bond donors (Lipinski definition) is 0. The molecule has 2 aliphatic heterocycles. The first kappa shape index (κ1) is 24.3. The molecular weight excluding hydrogens is 484 g/mol. The summed E-state index contributed by atoms with van der Waals surface area (Å²) in [6.07, 6.45) is 9.71. The second-order valence-corrected chi connectivity index (χ2v) is 10.5. The van der Waals surface area contributed by atoms with Gasteiger partial charge in [-0.05, 0) is 74.9 Å². The van der Waals surface area contributed by atoms with Crippen LogP contribution in [0.1, 0.15) is 44.6 Å². The lowest BCUT2D eigenvalue weighted by molar-refractivity contribution is 0.412. The highest BCUT2D eigenvalue weighted by molar-refractivity contribution is 5.76. The normalized spacial score (nSPS) is 20.3. The molecule has 0 unspecified atom stereocenters. The maximum Gasteiger partial charge on any atom is 0.166 e. The maximum atomic E-state index is 14.8. The average Bonchev–Trinajstić information content (AvgIpc) is 3.54. The van der Waals surface area contributed by atoms with Gasteiger partial charge in [-0.3, -0.25) is 4.98 Å². The first-order valence-corrected chi connectivity index (χ1v) is 13.1. The van der Waals surface area contributed by atoms with Crippen LogP contribution in [0.4, 0.5) is 20.3 Å². The topological polar surface area (TPSA) is 73.3 Å². The Morgan fingerprint density at radius 1 is 1.08 bits per heavy atom. The van der Waals surface area contributed by atoms with Crippen LogP contribution in [0.3, 0.4) is 0 Å². The van der Waals surface area contributed by atoms with Gasteiger partial charge in [-0.2, -0.15) is 10.4 Å². The molecule has 0 bridgehead atoms. The van der Waals surface area contributed by atoms with E-state index in [0.29, 0.717) is 42.3 Å². The Morgan fingerprint density at radius 3 is 2.68 bits per heavy atom. The molecule has 0 spiro atoms. The maximum absolute atomic E-state index is 14.8. The van der Waals surface area contributed by atoms with E-state index in [0.717, 1.165) is 55.4 Å². The molecular formula is C29H29F2N7. The van der Waals surface area contributed by atoms with Gasteiger partial charge in [0.05, 0.1) is 40.9 Å². The van der Waals surface area contributed by atoms with Crippen molar-refractivity contribution in [3.8, 4) is 17.3 Å². The molecule has 38 heavy (non-hydrogen) atoms. The van der Waals surface area contributed by atoms with Gasteiger partial charge in [-0.15, -0.1) is 0 Å². The van der Waals surface area contributed by atoms with Crippen LogP contribution in [0.15, 0.2) is 55.0 Å². The lowest BCUT2D eigenvalue weighted by Gasteiger charge is -2.37. The Morgan fingerprint density at radius 2 is 1.92 bits per heavy atom. The number of nitriles is 1. The molecule has 2 fully saturated rings. The molecule has 6 rings (SSSR count). The number of nitrogens with zero attached hydrogens (tertiary/aromatic N) is 7. The molecule has 1 aromatic carbocycles. The first-order chi connectivity index (χ1) is 18.5. The lowest BCUT2D eigenvalue weighted by atomic mass is 9.88. The number of piperidine rings is 1.